The summed E-state index contributed by atoms with van der Waals surface area (Å²) in [6.07, 6.45) is 0. The van der Waals surface area contributed by atoms with Crippen LogP contribution in [0.15, 0.2) is 60.7 Å². The van der Waals surface area contributed by atoms with Gasteiger partial charge in [0.1, 0.15) is 10.8 Å². The van der Waals surface area contributed by atoms with E-state index in [-0.39, 0.29) is 12.2 Å². The van der Waals surface area contributed by atoms with Gasteiger partial charge >= 0.3 is 5.97 Å². The van der Waals surface area contributed by atoms with Crippen LogP contribution in [0.3, 0.4) is 0 Å². The van der Waals surface area contributed by atoms with E-state index in [0.29, 0.717) is 10.8 Å². The predicted octanol–water partition coefficient (Wildman–Crippen LogP) is 4.44. The third-order valence-corrected chi connectivity index (χ3v) is 4.64. The van der Waals surface area contributed by atoms with Crippen LogP contribution < -0.4 is 10.1 Å². The van der Waals surface area contributed by atoms with E-state index in [4.69, 9.17) is 9.84 Å². The molecule has 1 aromatic heterocycles. The van der Waals surface area contributed by atoms with E-state index < -0.39 is 11.9 Å². The fraction of sp³-hybridized carbons (Fsp3) is 0.100. The molecule has 1 heterocycles. The third-order valence-electron chi connectivity index (χ3n) is 3.67. The Hall–Kier alpha value is -3.12. The molecule has 0 aliphatic heterocycles. The van der Waals surface area contributed by atoms with Gasteiger partial charge in [0.2, 0.25) is 0 Å². The topological polar surface area (TPSA) is 75.6 Å². The molecule has 0 aliphatic rings. The highest BCUT2D eigenvalue weighted by atomic mass is 32.1. The molecule has 0 fully saturated rings. The van der Waals surface area contributed by atoms with Crippen molar-refractivity contribution in [1.29, 1.82) is 0 Å². The minimum atomic E-state index is -1.07. The zero-order chi connectivity index (χ0) is 18.5. The zero-order valence-electron chi connectivity index (χ0n) is 14.1. The number of thiophene rings is 1. The molecule has 0 atom stereocenters. The van der Waals surface area contributed by atoms with Gasteiger partial charge < -0.3 is 15.2 Å². The third kappa shape index (κ3) is 4.29. The number of aryl methyl sites for hydroxylation is 1. The Morgan fingerprint density at radius 1 is 1.04 bits per heavy atom. The number of anilines is 1. The number of nitrogens with one attached hydrogen (secondary N) is 1. The average Bonchev–Trinajstić information content (AvgIpc) is 3.01. The molecule has 3 rings (SSSR count). The highest BCUT2D eigenvalue weighted by molar-refractivity contribution is 7.16. The minimum Gasteiger partial charge on any atom is -0.484 e. The first kappa shape index (κ1) is 17.7. The van der Waals surface area contributed by atoms with Crippen molar-refractivity contribution in [3.05, 3.63) is 71.1 Å². The Kier molecular flexibility index (Phi) is 5.34. The smallest absolute Gasteiger partial charge is 0.338 e. The summed E-state index contributed by atoms with van der Waals surface area (Å²) in [5.74, 6) is -0.899. The van der Waals surface area contributed by atoms with Crippen LogP contribution in [0.25, 0.3) is 11.1 Å². The van der Waals surface area contributed by atoms with Crippen molar-refractivity contribution in [2.45, 2.75) is 6.92 Å². The molecule has 0 aliphatic carbocycles. The molecule has 132 valence electrons. The van der Waals surface area contributed by atoms with Gasteiger partial charge in [-0.2, -0.15) is 0 Å². The van der Waals surface area contributed by atoms with Crippen molar-refractivity contribution in [3.63, 3.8) is 0 Å². The standard InChI is InChI=1S/C20H17NO4S/c1-13-11-17(20(23)24)19(26-13)21-18(22)12-25-16-9-7-15(8-10-16)14-5-3-2-4-6-14/h2-11H,12H2,1H3,(H,21,22)(H,23,24). The second-order valence-corrected chi connectivity index (χ2v) is 6.89. The van der Waals surface area contributed by atoms with E-state index in [2.05, 4.69) is 5.32 Å². The minimum absolute atomic E-state index is 0.0908. The van der Waals surface area contributed by atoms with Gasteiger partial charge in [-0.05, 0) is 36.2 Å². The van der Waals surface area contributed by atoms with Gasteiger partial charge in [0.05, 0.1) is 5.56 Å². The number of carboxylic acids is 1. The summed E-state index contributed by atoms with van der Waals surface area (Å²) in [5.41, 5.74) is 2.25. The highest BCUT2D eigenvalue weighted by Crippen LogP contribution is 2.27. The summed E-state index contributed by atoms with van der Waals surface area (Å²) in [5, 5.41) is 12.1. The number of benzene rings is 2. The Bertz CT molecular complexity index is 917. The summed E-state index contributed by atoms with van der Waals surface area (Å²) in [6.45, 7) is 1.60. The lowest BCUT2D eigenvalue weighted by Gasteiger charge is -2.08. The Morgan fingerprint density at radius 2 is 1.69 bits per heavy atom. The van der Waals surface area contributed by atoms with Crippen LogP contribution in [-0.4, -0.2) is 23.6 Å². The fourth-order valence-electron chi connectivity index (χ4n) is 2.45. The van der Waals surface area contributed by atoms with Gasteiger partial charge in [0.25, 0.3) is 5.91 Å². The quantitative estimate of drug-likeness (QED) is 0.675. The van der Waals surface area contributed by atoms with Crippen LogP contribution in [-0.2, 0) is 4.79 Å². The molecule has 0 unspecified atom stereocenters. The van der Waals surface area contributed by atoms with E-state index in [1.54, 1.807) is 19.1 Å². The lowest BCUT2D eigenvalue weighted by molar-refractivity contribution is -0.118. The molecule has 0 saturated carbocycles. The molecular formula is C20H17NO4S. The normalized spacial score (nSPS) is 10.3. The molecule has 2 aromatic carbocycles. The lowest BCUT2D eigenvalue weighted by atomic mass is 10.1. The second kappa shape index (κ2) is 7.84. The van der Waals surface area contributed by atoms with Gasteiger partial charge in [0, 0.05) is 4.88 Å². The summed E-state index contributed by atoms with van der Waals surface area (Å²) in [4.78, 5) is 24.0. The van der Waals surface area contributed by atoms with Gasteiger partial charge in [-0.1, -0.05) is 42.5 Å². The Labute approximate surface area is 154 Å². The number of hydrogen-bond acceptors (Lipinski definition) is 4. The van der Waals surface area contributed by atoms with Crippen LogP contribution in [0.5, 0.6) is 5.75 Å². The molecular weight excluding hydrogens is 350 g/mol. The summed E-state index contributed by atoms with van der Waals surface area (Å²) in [7, 11) is 0. The molecule has 3 aromatic rings. The fourth-order valence-corrected chi connectivity index (χ4v) is 3.37. The number of carbonyl (C=O) groups is 2. The molecule has 1 amide bonds. The van der Waals surface area contributed by atoms with Gasteiger partial charge in [0.15, 0.2) is 6.61 Å². The first-order valence-electron chi connectivity index (χ1n) is 7.95. The predicted molar refractivity (Wildman–Crippen MR) is 102 cm³/mol. The summed E-state index contributed by atoms with van der Waals surface area (Å²) in [6, 6.07) is 18.9. The van der Waals surface area contributed by atoms with E-state index in [1.165, 1.54) is 17.4 Å². The van der Waals surface area contributed by atoms with Crippen molar-refractivity contribution in [2.75, 3.05) is 11.9 Å². The van der Waals surface area contributed by atoms with E-state index in [1.807, 2.05) is 42.5 Å². The first-order valence-corrected chi connectivity index (χ1v) is 8.76. The number of rotatable bonds is 6. The molecule has 0 saturated heterocycles. The maximum Gasteiger partial charge on any atom is 0.338 e. The molecule has 26 heavy (non-hydrogen) atoms. The largest absolute Gasteiger partial charge is 0.484 e. The van der Waals surface area contributed by atoms with E-state index >= 15 is 0 Å². The Balaban J connectivity index is 1.59. The second-order valence-electron chi connectivity index (χ2n) is 5.63. The molecule has 0 radical (unpaired) electrons. The van der Waals surface area contributed by atoms with Crippen molar-refractivity contribution in [1.82, 2.24) is 0 Å². The molecule has 5 nitrogen and oxygen atoms in total. The maximum atomic E-state index is 12.0. The Morgan fingerprint density at radius 3 is 2.35 bits per heavy atom. The number of carboxylic acid groups (broad SMARTS) is 1. The van der Waals surface area contributed by atoms with Crippen molar-refractivity contribution in [2.24, 2.45) is 0 Å². The summed E-state index contributed by atoms with van der Waals surface area (Å²) >= 11 is 1.22. The number of ether oxygens (including phenoxy) is 1. The van der Waals surface area contributed by atoms with Crippen molar-refractivity contribution >= 4 is 28.2 Å². The number of hydrogen-bond donors (Lipinski definition) is 2. The number of amides is 1. The van der Waals surface area contributed by atoms with Crippen molar-refractivity contribution < 1.29 is 19.4 Å². The van der Waals surface area contributed by atoms with Crippen LogP contribution in [0.2, 0.25) is 0 Å². The number of aromatic carboxylic acids is 1. The van der Waals surface area contributed by atoms with E-state index in [9.17, 15) is 9.59 Å². The number of carbonyl (C=O) groups excluding carboxylic acids is 1. The van der Waals surface area contributed by atoms with Crippen LogP contribution in [0.4, 0.5) is 5.00 Å². The average molecular weight is 367 g/mol. The molecule has 0 bridgehead atoms. The zero-order valence-corrected chi connectivity index (χ0v) is 14.9. The van der Waals surface area contributed by atoms with Gasteiger partial charge in [-0.15, -0.1) is 11.3 Å². The molecule has 0 spiro atoms. The monoisotopic (exact) mass is 367 g/mol. The van der Waals surface area contributed by atoms with Gasteiger partial charge in [-0.25, -0.2) is 4.79 Å². The molecule has 6 heteroatoms. The summed E-state index contributed by atoms with van der Waals surface area (Å²) < 4.78 is 5.48. The first-order chi connectivity index (χ1) is 12.5. The van der Waals surface area contributed by atoms with Gasteiger partial charge in [-0.3, -0.25) is 4.79 Å². The van der Waals surface area contributed by atoms with Crippen LogP contribution in [0.1, 0.15) is 15.2 Å². The maximum absolute atomic E-state index is 12.0. The van der Waals surface area contributed by atoms with Crippen molar-refractivity contribution in [3.8, 4) is 16.9 Å². The van der Waals surface area contributed by atoms with Crippen LogP contribution >= 0.6 is 11.3 Å². The SMILES string of the molecule is Cc1cc(C(=O)O)c(NC(=O)COc2ccc(-c3ccccc3)cc2)s1. The van der Waals surface area contributed by atoms with E-state index in [0.717, 1.165) is 16.0 Å². The highest BCUT2D eigenvalue weighted by Gasteiger charge is 2.16. The lowest BCUT2D eigenvalue weighted by Crippen LogP contribution is -2.20. The van der Waals surface area contributed by atoms with Crippen LogP contribution in [0, 0.1) is 6.92 Å². The molecule has 2 N–H and O–H groups in total.